The first-order valence-electron chi connectivity index (χ1n) is 5.69. The van der Waals surface area contributed by atoms with E-state index in [9.17, 15) is 9.59 Å². The van der Waals surface area contributed by atoms with Crippen LogP contribution in [0.25, 0.3) is 0 Å². The van der Waals surface area contributed by atoms with Crippen LogP contribution < -0.4 is 11.1 Å². The van der Waals surface area contributed by atoms with E-state index >= 15 is 0 Å². The molecule has 18 heavy (non-hydrogen) atoms. The van der Waals surface area contributed by atoms with Gasteiger partial charge in [-0.05, 0) is 18.0 Å². The Bertz CT molecular complexity index is 437. The number of hydrogen-bond donors (Lipinski definition) is 1. The van der Waals surface area contributed by atoms with E-state index in [0.717, 1.165) is 6.42 Å². The molecule has 1 N–H and O–H groups in total. The van der Waals surface area contributed by atoms with E-state index in [1.807, 2.05) is 6.92 Å². The number of carbonyl (C=O) groups excluding carboxylic acids is 1. The average molecular weight is 256 g/mol. The Balaban J connectivity index is 2.55. The number of nitrogens with zero attached hydrogens (tertiary/aromatic N) is 1. The molecule has 1 atom stereocenters. The lowest BCUT2D eigenvalue weighted by Crippen LogP contribution is -2.26. The molecule has 0 saturated carbocycles. The molecule has 0 radical (unpaired) electrons. The van der Waals surface area contributed by atoms with Crippen LogP contribution in [0, 0.1) is 0 Å². The molecule has 7 nitrogen and oxygen atoms in total. The van der Waals surface area contributed by atoms with Crippen molar-refractivity contribution >= 4 is 6.09 Å². The predicted molar refractivity (Wildman–Crippen MR) is 62.0 cm³/mol. The van der Waals surface area contributed by atoms with Crippen molar-refractivity contribution in [3.8, 4) is 0 Å². The van der Waals surface area contributed by atoms with Crippen LogP contribution in [-0.2, 0) is 4.74 Å². The number of hydrogen-bond acceptors (Lipinski definition) is 6. The van der Waals surface area contributed by atoms with Gasteiger partial charge in [0.05, 0.1) is 0 Å². The van der Waals surface area contributed by atoms with Gasteiger partial charge in [-0.1, -0.05) is 19.4 Å². The van der Waals surface area contributed by atoms with Gasteiger partial charge in [0.25, 0.3) is 5.89 Å². The Morgan fingerprint density at radius 1 is 1.67 bits per heavy atom. The molecule has 0 aromatic carbocycles. The summed E-state index contributed by atoms with van der Waals surface area (Å²) in [4.78, 5) is 22.2. The van der Waals surface area contributed by atoms with Crippen LogP contribution in [-0.4, -0.2) is 17.8 Å². The number of carbonyl (C=O) groups is 1. The van der Waals surface area contributed by atoms with Gasteiger partial charge < -0.3 is 14.5 Å². The summed E-state index contributed by atoms with van der Waals surface area (Å²) in [6, 6.07) is 0. The Morgan fingerprint density at radius 3 is 3.00 bits per heavy atom. The number of ether oxygens (including phenoxy) is 1. The van der Waals surface area contributed by atoms with Crippen LogP contribution in [0.3, 0.4) is 0 Å². The number of aromatic nitrogens is 1. The average Bonchev–Trinajstić information content (AvgIpc) is 2.76. The van der Waals surface area contributed by atoms with Gasteiger partial charge >= 0.3 is 11.9 Å². The lowest BCUT2D eigenvalue weighted by molar-refractivity contribution is 0.0747. The van der Waals surface area contributed by atoms with E-state index < -0.39 is 18.0 Å². The van der Waals surface area contributed by atoms with Crippen LogP contribution in [0.2, 0.25) is 0 Å². The molecule has 1 heterocycles. The highest BCUT2D eigenvalue weighted by atomic mass is 16.6. The second-order valence-electron chi connectivity index (χ2n) is 3.56. The fourth-order valence-electron chi connectivity index (χ4n) is 1.27. The van der Waals surface area contributed by atoms with E-state index in [2.05, 4.69) is 26.0 Å². The first-order valence-corrected chi connectivity index (χ1v) is 5.69. The molecule has 0 saturated heterocycles. The van der Waals surface area contributed by atoms with Crippen molar-refractivity contribution in [2.75, 3.05) is 6.54 Å². The molecule has 1 aromatic rings. The van der Waals surface area contributed by atoms with Crippen molar-refractivity contribution in [1.29, 1.82) is 0 Å². The van der Waals surface area contributed by atoms with Crippen molar-refractivity contribution in [3.05, 3.63) is 29.2 Å². The maximum atomic E-state index is 11.4. The summed E-state index contributed by atoms with van der Waals surface area (Å²) in [6.07, 6.45) is 2.24. The maximum Gasteiger partial charge on any atom is 0.542 e. The Kier molecular flexibility index (Phi) is 5.69. The van der Waals surface area contributed by atoms with Crippen molar-refractivity contribution in [2.45, 2.75) is 32.3 Å². The highest BCUT2D eigenvalue weighted by Crippen LogP contribution is 2.19. The Morgan fingerprint density at radius 2 is 2.44 bits per heavy atom. The number of alkyl carbamates (subject to hydrolysis) is 1. The highest BCUT2D eigenvalue weighted by Gasteiger charge is 2.22. The Hall–Kier alpha value is -2.05. The van der Waals surface area contributed by atoms with Gasteiger partial charge in [-0.25, -0.2) is 9.59 Å². The smallest absolute Gasteiger partial charge is 0.436 e. The van der Waals surface area contributed by atoms with Crippen LogP contribution in [0.15, 0.2) is 26.4 Å². The van der Waals surface area contributed by atoms with Crippen LogP contribution >= 0.6 is 0 Å². The van der Waals surface area contributed by atoms with Gasteiger partial charge in [-0.2, -0.15) is 0 Å². The SMILES string of the molecule is C=CCCNC(=O)OC(CCC)c1noc(=O)o1. The molecule has 0 aliphatic carbocycles. The predicted octanol–water partition coefficient (Wildman–Crippen LogP) is 1.77. The minimum atomic E-state index is -0.915. The molecular formula is C11H16N2O5. The van der Waals surface area contributed by atoms with Crippen LogP contribution in [0.4, 0.5) is 4.79 Å². The highest BCUT2D eigenvalue weighted by molar-refractivity contribution is 5.67. The summed E-state index contributed by atoms with van der Waals surface area (Å²) in [5.41, 5.74) is 0. The summed E-state index contributed by atoms with van der Waals surface area (Å²) in [5.74, 6) is -0.942. The molecule has 7 heteroatoms. The molecule has 0 fully saturated rings. The first kappa shape index (κ1) is 14.0. The fourth-order valence-corrected chi connectivity index (χ4v) is 1.27. The zero-order valence-electron chi connectivity index (χ0n) is 10.2. The lowest BCUT2D eigenvalue weighted by atomic mass is 10.2. The largest absolute Gasteiger partial charge is 0.542 e. The lowest BCUT2D eigenvalue weighted by Gasteiger charge is -2.13. The number of nitrogens with one attached hydrogen (secondary N) is 1. The summed E-state index contributed by atoms with van der Waals surface area (Å²) in [7, 11) is 0. The number of amides is 1. The summed E-state index contributed by atoms with van der Waals surface area (Å²) in [5, 5.41) is 5.95. The van der Waals surface area contributed by atoms with Gasteiger partial charge in [0.1, 0.15) is 0 Å². The van der Waals surface area contributed by atoms with E-state index in [0.29, 0.717) is 19.4 Å². The topological polar surface area (TPSA) is 94.6 Å². The number of rotatable bonds is 7. The zero-order chi connectivity index (χ0) is 13.4. The van der Waals surface area contributed by atoms with Crippen molar-refractivity contribution in [2.24, 2.45) is 0 Å². The summed E-state index contributed by atoms with van der Waals surface area (Å²) < 4.78 is 14.0. The summed E-state index contributed by atoms with van der Waals surface area (Å²) >= 11 is 0. The molecule has 1 unspecified atom stereocenters. The normalized spacial score (nSPS) is 11.8. The second-order valence-corrected chi connectivity index (χ2v) is 3.56. The van der Waals surface area contributed by atoms with Crippen molar-refractivity contribution in [3.63, 3.8) is 0 Å². The van der Waals surface area contributed by atoms with Gasteiger partial charge in [0.15, 0.2) is 6.10 Å². The maximum absolute atomic E-state index is 11.4. The fraction of sp³-hybridized carbons (Fsp3) is 0.545. The van der Waals surface area contributed by atoms with Gasteiger partial charge in [0, 0.05) is 6.54 Å². The molecule has 0 aliphatic heterocycles. The van der Waals surface area contributed by atoms with Crippen molar-refractivity contribution < 1.29 is 18.5 Å². The quantitative estimate of drug-likeness (QED) is 0.590. The third-order valence-electron chi connectivity index (χ3n) is 2.09. The molecule has 1 aromatic heterocycles. The van der Waals surface area contributed by atoms with Gasteiger partial charge in [0.2, 0.25) is 0 Å². The van der Waals surface area contributed by atoms with Gasteiger partial charge in [-0.3, -0.25) is 4.52 Å². The van der Waals surface area contributed by atoms with Crippen LogP contribution in [0.1, 0.15) is 38.2 Å². The van der Waals surface area contributed by atoms with E-state index in [-0.39, 0.29) is 5.89 Å². The molecule has 1 amide bonds. The third-order valence-corrected chi connectivity index (χ3v) is 2.09. The monoisotopic (exact) mass is 256 g/mol. The summed E-state index contributed by atoms with van der Waals surface area (Å²) in [6.45, 7) is 5.88. The van der Waals surface area contributed by atoms with E-state index in [1.165, 1.54) is 0 Å². The molecule has 0 spiro atoms. The molecule has 0 bridgehead atoms. The minimum Gasteiger partial charge on any atom is -0.436 e. The molecular weight excluding hydrogens is 240 g/mol. The molecule has 1 rings (SSSR count). The molecule has 100 valence electrons. The molecule has 0 aliphatic rings. The van der Waals surface area contributed by atoms with Gasteiger partial charge in [-0.15, -0.1) is 6.58 Å². The van der Waals surface area contributed by atoms with E-state index in [4.69, 9.17) is 4.74 Å². The van der Waals surface area contributed by atoms with Crippen LogP contribution in [0.5, 0.6) is 0 Å². The zero-order valence-corrected chi connectivity index (χ0v) is 10.2. The second kappa shape index (κ2) is 7.31. The van der Waals surface area contributed by atoms with E-state index in [1.54, 1.807) is 6.08 Å². The van der Waals surface area contributed by atoms with Crippen molar-refractivity contribution in [1.82, 2.24) is 10.5 Å². The first-order chi connectivity index (χ1) is 8.67. The third kappa shape index (κ3) is 4.44. The minimum absolute atomic E-state index is 0.0271. The standard InChI is InChI=1S/C11H16N2O5/c1-3-5-7-12-10(14)16-8(6-4-2)9-13-18-11(15)17-9/h3,8H,1,4-7H2,2H3,(H,12,14). The Labute approximate surface area is 104 Å².